The van der Waals surface area contributed by atoms with E-state index in [4.69, 9.17) is 0 Å². The second kappa shape index (κ2) is 8.73. The van der Waals surface area contributed by atoms with E-state index < -0.39 is 30.5 Å². The monoisotopic (exact) mass is 458 g/mol. The third-order valence-electron chi connectivity index (χ3n) is 5.10. The molecule has 0 atom stereocenters. The van der Waals surface area contributed by atoms with Gasteiger partial charge in [-0.25, -0.2) is 0 Å². The van der Waals surface area contributed by atoms with Gasteiger partial charge in [0, 0.05) is 7.19 Å². The van der Waals surface area contributed by atoms with E-state index in [1.165, 1.54) is 5.31 Å². The van der Waals surface area contributed by atoms with Gasteiger partial charge in [0.25, 0.3) is 0 Å². The van der Waals surface area contributed by atoms with Gasteiger partial charge < -0.3 is 0 Å². The molecule has 0 aromatic rings. The van der Waals surface area contributed by atoms with Crippen LogP contribution in [0.1, 0.15) is 0 Å². The van der Waals surface area contributed by atoms with Crippen LogP contribution in [0.25, 0.3) is 0 Å². The maximum Gasteiger partial charge on any atom is 0.129 e. The lowest BCUT2D eigenvalue weighted by atomic mass is 10.5. The van der Waals surface area contributed by atoms with Crippen LogP contribution in [0.2, 0.25) is 39.3 Å². The molecule has 0 fully saturated rings. The van der Waals surface area contributed by atoms with Crippen molar-refractivity contribution in [1.29, 1.82) is 0 Å². The summed E-state index contributed by atoms with van der Waals surface area (Å²) >= 11 is 0. The van der Waals surface area contributed by atoms with Crippen LogP contribution in [-0.2, 0) is 0 Å². The van der Waals surface area contributed by atoms with E-state index >= 15 is 0 Å². The van der Waals surface area contributed by atoms with Gasteiger partial charge in [0.05, 0.1) is 20.6 Å². The van der Waals surface area contributed by atoms with Crippen molar-refractivity contribution in [1.82, 2.24) is 18.7 Å². The van der Waals surface area contributed by atoms with E-state index in [2.05, 4.69) is 137 Å². The molecule has 0 aromatic heterocycles. The summed E-state index contributed by atoms with van der Waals surface area (Å²) < 4.78 is 9.85. The molecule has 1 rings (SSSR count). The van der Waals surface area contributed by atoms with Crippen molar-refractivity contribution < 1.29 is 0 Å². The zero-order chi connectivity index (χ0) is 22.3. The molecule has 1 heterocycles. The van der Waals surface area contributed by atoms with Gasteiger partial charge in [0.15, 0.2) is 0 Å². The Hall–Kier alpha value is 0.174. The van der Waals surface area contributed by atoms with Crippen molar-refractivity contribution in [2.75, 3.05) is 56.4 Å². The number of hydrogen-bond acceptors (Lipinski definition) is 4. The van der Waals surface area contributed by atoms with Crippen molar-refractivity contribution in [3.63, 3.8) is 0 Å². The highest BCUT2D eigenvalue weighted by atomic mass is 31.2. The molecule has 0 saturated heterocycles. The van der Waals surface area contributed by atoms with Crippen LogP contribution in [0, 0.1) is 11.5 Å². The molecular formula is C20H44N4P2Si2. The van der Waals surface area contributed by atoms with Gasteiger partial charge in [-0.2, -0.15) is 0 Å². The highest BCUT2D eigenvalue weighted by molar-refractivity contribution is 7.99. The SMILES string of the molecule is CN(C)P1(N(C)C)=CC([Si](C)(C)C)=C(C#C[Si](C)(C)C)P(N(C)C)(N(C)C)=C1. The normalized spacial score (nSPS) is 19.6. The van der Waals surface area contributed by atoms with Crippen LogP contribution < -0.4 is 0 Å². The Morgan fingerprint density at radius 2 is 1.14 bits per heavy atom. The Balaban J connectivity index is 4.32. The van der Waals surface area contributed by atoms with Crippen molar-refractivity contribution in [3.8, 4) is 11.5 Å². The van der Waals surface area contributed by atoms with E-state index in [0.29, 0.717) is 0 Å². The quantitative estimate of drug-likeness (QED) is 0.341. The summed E-state index contributed by atoms with van der Waals surface area (Å²) in [4.78, 5) is 0. The van der Waals surface area contributed by atoms with Crippen LogP contribution in [0.3, 0.4) is 0 Å². The molecule has 28 heavy (non-hydrogen) atoms. The Kier molecular flexibility index (Phi) is 8.17. The van der Waals surface area contributed by atoms with Gasteiger partial charge in [0.2, 0.25) is 0 Å². The van der Waals surface area contributed by atoms with Crippen molar-refractivity contribution in [3.05, 3.63) is 10.5 Å². The Labute approximate surface area is 178 Å². The lowest BCUT2D eigenvalue weighted by molar-refractivity contribution is 0.573. The molecule has 0 bridgehead atoms. The second-order valence-electron chi connectivity index (χ2n) is 10.5. The largest absolute Gasteiger partial charge is 0.275 e. The zero-order valence-corrected chi connectivity index (χ0v) is 24.6. The molecule has 0 spiro atoms. The predicted octanol–water partition coefficient (Wildman–Crippen LogP) is 4.52. The minimum Gasteiger partial charge on any atom is -0.275 e. The Bertz CT molecular complexity index is 775. The summed E-state index contributed by atoms with van der Waals surface area (Å²) in [6.07, 6.45) is 0. The highest BCUT2D eigenvalue weighted by Gasteiger charge is 2.41. The standard InChI is InChI=1S/C20H44N4P2Si2/c1-21(2)25(22(3)4)17-20(28(12,13)14)19(15-16-27(9,10)11)26(18-25,23(5)6)24(7)8/h17-18H,1-14H3. The zero-order valence-electron chi connectivity index (χ0n) is 20.8. The minimum atomic E-state index is -1.87. The van der Waals surface area contributed by atoms with Crippen molar-refractivity contribution in [2.45, 2.75) is 39.3 Å². The first-order chi connectivity index (χ1) is 12.4. The third kappa shape index (κ3) is 5.07. The molecule has 0 N–H and O–H groups in total. The first kappa shape index (κ1) is 26.2. The molecule has 0 amide bonds. The maximum atomic E-state index is 3.80. The van der Waals surface area contributed by atoms with Gasteiger partial charge in [-0.3, -0.25) is 18.7 Å². The van der Waals surface area contributed by atoms with E-state index in [1.807, 2.05) is 0 Å². The first-order valence-electron chi connectivity index (χ1n) is 9.91. The van der Waals surface area contributed by atoms with E-state index in [9.17, 15) is 0 Å². The Morgan fingerprint density at radius 3 is 1.43 bits per heavy atom. The fourth-order valence-corrected chi connectivity index (χ4v) is 18.3. The molecular weight excluding hydrogens is 414 g/mol. The fourth-order valence-electron chi connectivity index (χ4n) is 3.46. The first-order valence-corrected chi connectivity index (χ1v) is 20.5. The average Bonchev–Trinajstić information content (AvgIpc) is 2.49. The smallest absolute Gasteiger partial charge is 0.129 e. The van der Waals surface area contributed by atoms with Gasteiger partial charge in [-0.1, -0.05) is 45.2 Å². The van der Waals surface area contributed by atoms with Crippen LogP contribution in [0.4, 0.5) is 0 Å². The van der Waals surface area contributed by atoms with Gasteiger partial charge >= 0.3 is 0 Å². The van der Waals surface area contributed by atoms with Crippen LogP contribution >= 0.6 is 14.4 Å². The second-order valence-corrected chi connectivity index (χ2v) is 27.8. The molecule has 0 unspecified atom stereocenters. The van der Waals surface area contributed by atoms with Gasteiger partial charge in [-0.05, 0) is 72.9 Å². The van der Waals surface area contributed by atoms with E-state index in [0.717, 1.165) is 0 Å². The number of nitrogens with zero attached hydrogens (tertiary/aromatic N) is 4. The Morgan fingerprint density at radius 1 is 0.714 bits per heavy atom. The number of rotatable bonds is 5. The summed E-state index contributed by atoms with van der Waals surface area (Å²) in [6.45, 7) is 14.4. The lowest BCUT2D eigenvalue weighted by Crippen LogP contribution is -2.37. The number of allylic oxidation sites excluding steroid dienone is 2. The van der Waals surface area contributed by atoms with Crippen molar-refractivity contribution >= 4 is 41.9 Å². The molecule has 0 radical (unpaired) electrons. The summed E-state index contributed by atoms with van der Waals surface area (Å²) in [5, 5.41) is 2.97. The molecule has 8 heteroatoms. The van der Waals surface area contributed by atoms with Crippen LogP contribution in [0.15, 0.2) is 10.5 Å². The minimum absolute atomic E-state index is 1.41. The number of hydrogen-bond donors (Lipinski definition) is 0. The molecule has 0 saturated carbocycles. The average molecular weight is 459 g/mol. The summed E-state index contributed by atoms with van der Waals surface area (Å²) in [7, 11) is 11.2. The molecule has 162 valence electrons. The lowest BCUT2D eigenvalue weighted by Gasteiger charge is -2.49. The van der Waals surface area contributed by atoms with Crippen molar-refractivity contribution in [2.24, 2.45) is 0 Å². The molecule has 4 nitrogen and oxygen atoms in total. The topological polar surface area (TPSA) is 13.0 Å². The van der Waals surface area contributed by atoms with E-state index in [1.54, 1.807) is 5.20 Å². The maximum absolute atomic E-state index is 3.80. The molecule has 1 aliphatic rings. The summed E-state index contributed by atoms with van der Waals surface area (Å²) in [5.41, 5.74) is 6.41. The van der Waals surface area contributed by atoms with E-state index in [-0.39, 0.29) is 0 Å². The van der Waals surface area contributed by atoms with Gasteiger partial charge in [-0.15, -0.1) is 5.54 Å². The molecule has 1 aliphatic heterocycles. The third-order valence-corrected chi connectivity index (χ3v) is 17.7. The van der Waals surface area contributed by atoms with Crippen LogP contribution in [0.5, 0.6) is 0 Å². The van der Waals surface area contributed by atoms with Crippen LogP contribution in [-0.4, -0.2) is 103 Å². The fraction of sp³-hybridized carbons (Fsp3) is 0.700. The molecule has 0 aromatic carbocycles. The predicted molar refractivity (Wildman–Crippen MR) is 142 cm³/mol. The summed E-state index contributed by atoms with van der Waals surface area (Å²) in [6, 6.07) is 0. The highest BCUT2D eigenvalue weighted by Crippen LogP contribution is 2.69. The van der Waals surface area contributed by atoms with Gasteiger partial charge in [0.1, 0.15) is 8.07 Å². The molecule has 0 aliphatic carbocycles. The summed E-state index contributed by atoms with van der Waals surface area (Å²) in [5.74, 6) is 6.42.